The van der Waals surface area contributed by atoms with Crippen LogP contribution in [0.4, 0.5) is 0 Å². The molecule has 0 aromatic heterocycles. The van der Waals surface area contributed by atoms with E-state index in [2.05, 4.69) is 45.1 Å². The first-order valence-corrected chi connectivity index (χ1v) is 7.80. The zero-order chi connectivity index (χ0) is 14.3. The number of nitrogens with one attached hydrogen (secondary N) is 1. The van der Waals surface area contributed by atoms with Gasteiger partial charge in [0.2, 0.25) is 0 Å². The van der Waals surface area contributed by atoms with Gasteiger partial charge in [0, 0.05) is 17.1 Å². The summed E-state index contributed by atoms with van der Waals surface area (Å²) in [5, 5.41) is 4.45. The van der Waals surface area contributed by atoms with Crippen LogP contribution in [-0.2, 0) is 0 Å². The third-order valence-electron chi connectivity index (χ3n) is 3.38. The molecule has 0 saturated carbocycles. The molecule has 0 aliphatic carbocycles. The molecule has 1 rings (SSSR count). The summed E-state index contributed by atoms with van der Waals surface area (Å²) in [6.45, 7) is 9.95. The van der Waals surface area contributed by atoms with Crippen LogP contribution in [0.5, 0.6) is 0 Å². The topological polar surface area (TPSA) is 12.0 Å². The Morgan fingerprint density at radius 2 is 1.74 bits per heavy atom. The molecule has 19 heavy (non-hydrogen) atoms. The van der Waals surface area contributed by atoms with E-state index in [1.165, 1.54) is 31.2 Å². The van der Waals surface area contributed by atoms with Gasteiger partial charge >= 0.3 is 0 Å². The lowest BCUT2D eigenvalue weighted by Gasteiger charge is -2.26. The minimum Gasteiger partial charge on any atom is -0.311 e. The van der Waals surface area contributed by atoms with Crippen LogP contribution in [-0.4, -0.2) is 12.1 Å². The molecule has 2 heteroatoms. The first kappa shape index (κ1) is 16.5. The SMILES string of the molecule is CCCCCC(CNC(C)(C)C)c1ccc(Cl)cc1. The number of hydrogen-bond acceptors (Lipinski definition) is 1. The molecule has 1 N–H and O–H groups in total. The highest BCUT2D eigenvalue weighted by Gasteiger charge is 2.15. The third kappa shape index (κ3) is 6.98. The van der Waals surface area contributed by atoms with E-state index in [9.17, 15) is 0 Å². The summed E-state index contributed by atoms with van der Waals surface area (Å²) in [4.78, 5) is 0. The van der Waals surface area contributed by atoms with Gasteiger partial charge in [0.1, 0.15) is 0 Å². The van der Waals surface area contributed by atoms with Crippen LogP contribution >= 0.6 is 11.6 Å². The molecular weight excluding hydrogens is 254 g/mol. The van der Waals surface area contributed by atoms with Gasteiger partial charge in [-0.2, -0.15) is 0 Å². The molecule has 1 aromatic rings. The molecule has 108 valence electrons. The molecule has 1 unspecified atom stereocenters. The lowest BCUT2D eigenvalue weighted by Crippen LogP contribution is -2.38. The van der Waals surface area contributed by atoms with Gasteiger partial charge in [-0.15, -0.1) is 0 Å². The first-order valence-electron chi connectivity index (χ1n) is 7.43. The average Bonchev–Trinajstić information content (AvgIpc) is 2.34. The highest BCUT2D eigenvalue weighted by atomic mass is 35.5. The van der Waals surface area contributed by atoms with Crippen LogP contribution in [0.1, 0.15) is 64.9 Å². The molecule has 0 amide bonds. The number of unbranched alkanes of at least 4 members (excludes halogenated alkanes) is 2. The Kier molecular flexibility index (Phi) is 6.88. The number of halogens is 1. The first-order chi connectivity index (χ1) is 8.92. The minimum atomic E-state index is 0.176. The summed E-state index contributed by atoms with van der Waals surface area (Å²) in [6, 6.07) is 8.34. The quantitative estimate of drug-likeness (QED) is 0.661. The normalized spacial score (nSPS) is 13.5. The van der Waals surface area contributed by atoms with Crippen molar-refractivity contribution < 1.29 is 0 Å². The molecule has 0 fully saturated rings. The lowest BCUT2D eigenvalue weighted by atomic mass is 9.92. The van der Waals surface area contributed by atoms with Crippen LogP contribution in [0.25, 0.3) is 0 Å². The van der Waals surface area contributed by atoms with Gasteiger partial charge < -0.3 is 5.32 Å². The van der Waals surface area contributed by atoms with Gasteiger partial charge in [0.05, 0.1) is 0 Å². The summed E-state index contributed by atoms with van der Waals surface area (Å²) in [7, 11) is 0. The van der Waals surface area contributed by atoms with Crippen molar-refractivity contribution in [3.05, 3.63) is 34.9 Å². The van der Waals surface area contributed by atoms with E-state index in [1.54, 1.807) is 0 Å². The average molecular weight is 282 g/mol. The van der Waals surface area contributed by atoms with Crippen molar-refractivity contribution in [2.75, 3.05) is 6.54 Å². The molecule has 1 aromatic carbocycles. The van der Waals surface area contributed by atoms with Gasteiger partial charge in [0.25, 0.3) is 0 Å². The Labute approximate surface area is 123 Å². The Morgan fingerprint density at radius 1 is 1.11 bits per heavy atom. The monoisotopic (exact) mass is 281 g/mol. The van der Waals surface area contributed by atoms with Crippen molar-refractivity contribution in [1.82, 2.24) is 5.32 Å². The van der Waals surface area contributed by atoms with E-state index in [0.717, 1.165) is 11.6 Å². The maximum Gasteiger partial charge on any atom is 0.0406 e. The number of rotatable bonds is 7. The van der Waals surface area contributed by atoms with Crippen LogP contribution in [0.3, 0.4) is 0 Å². The third-order valence-corrected chi connectivity index (χ3v) is 3.63. The maximum absolute atomic E-state index is 5.98. The predicted octanol–water partition coefficient (Wildman–Crippen LogP) is 5.39. The minimum absolute atomic E-state index is 0.176. The largest absolute Gasteiger partial charge is 0.311 e. The molecular formula is C17H28ClN. The van der Waals surface area contributed by atoms with Gasteiger partial charge in [-0.1, -0.05) is 49.9 Å². The summed E-state index contributed by atoms with van der Waals surface area (Å²) in [5.41, 5.74) is 1.58. The molecule has 0 saturated heterocycles. The standard InChI is InChI=1S/C17H28ClN/c1-5-6-7-8-15(13-19-17(2,3)4)14-9-11-16(18)12-10-14/h9-12,15,19H,5-8,13H2,1-4H3. The van der Waals surface area contributed by atoms with Crippen molar-refractivity contribution in [2.24, 2.45) is 0 Å². The fourth-order valence-electron chi connectivity index (χ4n) is 2.19. The second-order valence-corrected chi connectivity index (χ2v) is 6.81. The molecule has 1 nitrogen and oxygen atoms in total. The van der Waals surface area contributed by atoms with E-state index >= 15 is 0 Å². The van der Waals surface area contributed by atoms with Crippen molar-refractivity contribution in [3.63, 3.8) is 0 Å². The molecule has 0 aliphatic heterocycles. The summed E-state index contributed by atoms with van der Waals surface area (Å²) in [6.07, 6.45) is 5.15. The number of hydrogen-bond donors (Lipinski definition) is 1. The van der Waals surface area contributed by atoms with E-state index in [-0.39, 0.29) is 5.54 Å². The van der Waals surface area contributed by atoms with Crippen molar-refractivity contribution in [2.45, 2.75) is 64.8 Å². The zero-order valence-corrected chi connectivity index (χ0v) is 13.6. The zero-order valence-electron chi connectivity index (χ0n) is 12.8. The van der Waals surface area contributed by atoms with E-state index in [0.29, 0.717) is 5.92 Å². The predicted molar refractivity (Wildman–Crippen MR) is 86.1 cm³/mol. The summed E-state index contributed by atoms with van der Waals surface area (Å²) >= 11 is 5.98. The molecule has 0 aliphatic rings. The van der Waals surface area contributed by atoms with Crippen molar-refractivity contribution in [1.29, 1.82) is 0 Å². The molecule has 0 heterocycles. The second-order valence-electron chi connectivity index (χ2n) is 6.38. The molecule has 0 radical (unpaired) electrons. The highest BCUT2D eigenvalue weighted by molar-refractivity contribution is 6.30. The van der Waals surface area contributed by atoms with Crippen LogP contribution in [0.2, 0.25) is 5.02 Å². The molecule has 1 atom stereocenters. The van der Waals surface area contributed by atoms with Crippen LogP contribution in [0.15, 0.2) is 24.3 Å². The Hall–Kier alpha value is -0.530. The highest BCUT2D eigenvalue weighted by Crippen LogP contribution is 2.24. The van der Waals surface area contributed by atoms with Gasteiger partial charge in [-0.05, 0) is 50.8 Å². The van der Waals surface area contributed by atoms with Crippen LogP contribution in [0, 0.1) is 0 Å². The Balaban J connectivity index is 2.65. The fraction of sp³-hybridized carbons (Fsp3) is 0.647. The van der Waals surface area contributed by atoms with Crippen molar-refractivity contribution in [3.8, 4) is 0 Å². The van der Waals surface area contributed by atoms with E-state index < -0.39 is 0 Å². The number of benzene rings is 1. The Morgan fingerprint density at radius 3 is 2.26 bits per heavy atom. The Bertz CT molecular complexity index is 351. The fourth-order valence-corrected chi connectivity index (χ4v) is 2.32. The van der Waals surface area contributed by atoms with Crippen molar-refractivity contribution >= 4 is 11.6 Å². The maximum atomic E-state index is 5.98. The smallest absolute Gasteiger partial charge is 0.0406 e. The summed E-state index contributed by atoms with van der Waals surface area (Å²) in [5.74, 6) is 0.586. The lowest BCUT2D eigenvalue weighted by molar-refractivity contribution is 0.394. The summed E-state index contributed by atoms with van der Waals surface area (Å²) < 4.78 is 0. The second kappa shape index (κ2) is 7.91. The van der Waals surface area contributed by atoms with Gasteiger partial charge in [0.15, 0.2) is 0 Å². The van der Waals surface area contributed by atoms with E-state index in [4.69, 9.17) is 11.6 Å². The molecule has 0 spiro atoms. The van der Waals surface area contributed by atoms with Crippen LogP contribution < -0.4 is 5.32 Å². The van der Waals surface area contributed by atoms with Gasteiger partial charge in [-0.25, -0.2) is 0 Å². The van der Waals surface area contributed by atoms with E-state index in [1.807, 2.05) is 12.1 Å². The van der Waals surface area contributed by atoms with Gasteiger partial charge in [-0.3, -0.25) is 0 Å². The molecule has 0 bridgehead atoms.